The summed E-state index contributed by atoms with van der Waals surface area (Å²) in [6.45, 7) is 6.10. The number of halogens is 1. The van der Waals surface area contributed by atoms with Crippen molar-refractivity contribution in [3.05, 3.63) is 48.0 Å². The summed E-state index contributed by atoms with van der Waals surface area (Å²) in [6.07, 6.45) is 2.01. The van der Waals surface area contributed by atoms with Crippen molar-refractivity contribution in [1.82, 2.24) is 4.98 Å². The maximum atomic E-state index is 12.9. The van der Waals surface area contributed by atoms with Crippen LogP contribution in [0.4, 0.5) is 10.1 Å². The zero-order valence-electron chi connectivity index (χ0n) is 16.4. The molecule has 2 aromatic rings. The first-order valence-corrected chi connectivity index (χ1v) is 8.46. The van der Waals surface area contributed by atoms with Crippen molar-refractivity contribution in [3.63, 3.8) is 0 Å². The molecule has 28 heavy (non-hydrogen) atoms. The zero-order valence-corrected chi connectivity index (χ0v) is 16.4. The molecule has 1 aromatic carbocycles. The van der Waals surface area contributed by atoms with Crippen LogP contribution in [0.2, 0.25) is 0 Å². The molecule has 1 aromatic heterocycles. The van der Waals surface area contributed by atoms with Gasteiger partial charge in [0.05, 0.1) is 12.1 Å². The fourth-order valence-electron chi connectivity index (χ4n) is 1.92. The van der Waals surface area contributed by atoms with Crippen molar-refractivity contribution in [2.75, 3.05) is 19.0 Å². The molecule has 0 fully saturated rings. The average Bonchev–Trinajstić information content (AvgIpc) is 2.66. The summed E-state index contributed by atoms with van der Waals surface area (Å²) in [5.41, 5.74) is 6.78. The Kier molecular flexibility index (Phi) is 8.40. The van der Waals surface area contributed by atoms with E-state index in [0.717, 1.165) is 0 Å². The van der Waals surface area contributed by atoms with Gasteiger partial charge in [0, 0.05) is 30.1 Å². The molecule has 1 amide bonds. The number of carbonyl (C=O) groups is 2. The summed E-state index contributed by atoms with van der Waals surface area (Å²) >= 11 is 0. The molecular formula is C20H25FN4O3. The number of ether oxygens (including phenoxy) is 1. The molecule has 150 valence electrons. The Bertz CT molecular complexity index is 830. The van der Waals surface area contributed by atoms with Crippen molar-refractivity contribution < 1.29 is 18.7 Å². The molecule has 1 heterocycles. The highest BCUT2D eigenvalue weighted by Gasteiger charge is 2.14. The minimum Gasteiger partial charge on any atom is -0.379 e. The smallest absolute Gasteiger partial charge is 0.267 e. The number of benzene rings is 1. The number of hydrogen-bond donors (Lipinski definition) is 3. The van der Waals surface area contributed by atoms with Gasteiger partial charge in [-0.15, -0.1) is 0 Å². The molecule has 0 aliphatic heterocycles. The summed E-state index contributed by atoms with van der Waals surface area (Å²) in [5, 5.41) is 10.6. The standard InChI is InChI=1S/C15H13FN4O2.C5H12O/c16-13-4-2-10(8-20-13)9-1-3-12(19-5-6-21)11(7-9)14(17)15(18)22;1-5(2,3)6-4/h1-4,6-8,17,19H,5H2,(H2,18,22);1-4H3. The molecule has 0 spiro atoms. The number of methoxy groups -OCH3 is 1. The summed E-state index contributed by atoms with van der Waals surface area (Å²) in [4.78, 5) is 25.3. The lowest BCUT2D eigenvalue weighted by atomic mass is 10.00. The van der Waals surface area contributed by atoms with Gasteiger partial charge >= 0.3 is 0 Å². The second-order valence-electron chi connectivity index (χ2n) is 6.73. The van der Waals surface area contributed by atoms with Crippen LogP contribution in [0.25, 0.3) is 11.1 Å². The van der Waals surface area contributed by atoms with Gasteiger partial charge in [0.15, 0.2) is 0 Å². The number of rotatable bonds is 6. The molecule has 7 nitrogen and oxygen atoms in total. The van der Waals surface area contributed by atoms with Crippen LogP contribution in [0.3, 0.4) is 0 Å². The van der Waals surface area contributed by atoms with E-state index >= 15 is 0 Å². The van der Waals surface area contributed by atoms with Gasteiger partial charge in [-0.2, -0.15) is 4.39 Å². The lowest BCUT2D eigenvalue weighted by Crippen LogP contribution is -2.24. The highest BCUT2D eigenvalue weighted by atomic mass is 19.1. The lowest BCUT2D eigenvalue weighted by Gasteiger charge is -2.14. The molecule has 0 bridgehead atoms. The Morgan fingerprint density at radius 2 is 1.89 bits per heavy atom. The van der Waals surface area contributed by atoms with Crippen LogP contribution in [0, 0.1) is 11.4 Å². The van der Waals surface area contributed by atoms with Crippen LogP contribution < -0.4 is 11.1 Å². The maximum Gasteiger partial charge on any atom is 0.267 e. The molecule has 0 atom stereocenters. The Morgan fingerprint density at radius 1 is 1.29 bits per heavy atom. The first kappa shape index (κ1) is 22.9. The third-order valence-corrected chi connectivity index (χ3v) is 3.58. The van der Waals surface area contributed by atoms with Gasteiger partial charge in [-0.3, -0.25) is 10.2 Å². The van der Waals surface area contributed by atoms with E-state index in [1.54, 1.807) is 25.3 Å². The number of nitrogens with one attached hydrogen (secondary N) is 2. The number of amides is 1. The second-order valence-corrected chi connectivity index (χ2v) is 6.73. The average molecular weight is 388 g/mol. The number of pyridine rings is 1. The first-order valence-electron chi connectivity index (χ1n) is 8.46. The molecular weight excluding hydrogens is 363 g/mol. The van der Waals surface area contributed by atoms with E-state index in [0.29, 0.717) is 23.1 Å². The van der Waals surface area contributed by atoms with Gasteiger partial charge in [-0.25, -0.2) is 4.98 Å². The molecule has 0 aliphatic rings. The lowest BCUT2D eigenvalue weighted by molar-refractivity contribution is -0.112. The van der Waals surface area contributed by atoms with Gasteiger partial charge in [0.1, 0.15) is 12.0 Å². The summed E-state index contributed by atoms with van der Waals surface area (Å²) in [6, 6.07) is 7.64. The normalized spacial score (nSPS) is 10.5. The van der Waals surface area contributed by atoms with E-state index in [2.05, 4.69) is 10.3 Å². The number of primary amides is 1. The van der Waals surface area contributed by atoms with E-state index in [1.165, 1.54) is 18.3 Å². The Balaban J connectivity index is 0.000000568. The summed E-state index contributed by atoms with van der Waals surface area (Å²) < 4.78 is 17.8. The Morgan fingerprint density at radius 3 is 2.36 bits per heavy atom. The van der Waals surface area contributed by atoms with E-state index in [4.69, 9.17) is 15.9 Å². The van der Waals surface area contributed by atoms with Crippen LogP contribution in [0.1, 0.15) is 26.3 Å². The van der Waals surface area contributed by atoms with Crippen molar-refractivity contribution in [2.24, 2.45) is 5.73 Å². The van der Waals surface area contributed by atoms with Gasteiger partial charge in [-0.1, -0.05) is 6.07 Å². The van der Waals surface area contributed by atoms with Crippen LogP contribution >= 0.6 is 0 Å². The molecule has 8 heteroatoms. The third kappa shape index (κ3) is 7.24. The van der Waals surface area contributed by atoms with Crippen molar-refractivity contribution in [3.8, 4) is 11.1 Å². The maximum absolute atomic E-state index is 12.9. The SMILES string of the molecule is COC(C)(C)C.N=C(C(N)=O)c1cc(-c2ccc(F)nc2)ccc1NCC=O. The Labute approximate surface area is 163 Å². The van der Waals surface area contributed by atoms with Crippen LogP contribution in [-0.2, 0) is 14.3 Å². The van der Waals surface area contributed by atoms with E-state index in [-0.39, 0.29) is 23.4 Å². The predicted octanol–water partition coefficient (Wildman–Crippen LogP) is 2.78. The number of carbonyl (C=O) groups excluding carboxylic acids is 2. The van der Waals surface area contributed by atoms with Crippen molar-refractivity contribution in [1.29, 1.82) is 5.41 Å². The third-order valence-electron chi connectivity index (χ3n) is 3.58. The highest BCUT2D eigenvalue weighted by molar-refractivity contribution is 6.44. The quantitative estimate of drug-likeness (QED) is 0.399. The summed E-state index contributed by atoms with van der Waals surface area (Å²) in [5.74, 6) is -1.48. The second kappa shape index (κ2) is 10.3. The zero-order chi connectivity index (χ0) is 21.3. The van der Waals surface area contributed by atoms with Crippen LogP contribution in [0.5, 0.6) is 0 Å². The number of aldehydes is 1. The van der Waals surface area contributed by atoms with Crippen LogP contribution in [0.15, 0.2) is 36.5 Å². The van der Waals surface area contributed by atoms with E-state index < -0.39 is 11.9 Å². The van der Waals surface area contributed by atoms with Gasteiger partial charge in [0.2, 0.25) is 5.95 Å². The molecule has 2 rings (SSSR count). The number of aromatic nitrogens is 1. The monoisotopic (exact) mass is 388 g/mol. The molecule has 4 N–H and O–H groups in total. The van der Waals surface area contributed by atoms with E-state index in [1.807, 2.05) is 20.8 Å². The predicted molar refractivity (Wildman–Crippen MR) is 107 cm³/mol. The van der Waals surface area contributed by atoms with Gasteiger partial charge in [0.25, 0.3) is 5.91 Å². The van der Waals surface area contributed by atoms with Gasteiger partial charge in [-0.05, 0) is 50.6 Å². The van der Waals surface area contributed by atoms with Crippen molar-refractivity contribution in [2.45, 2.75) is 26.4 Å². The fourth-order valence-corrected chi connectivity index (χ4v) is 1.92. The fraction of sp³-hybridized carbons (Fsp3) is 0.300. The molecule has 0 saturated heterocycles. The minimum absolute atomic E-state index is 0.0382. The topological polar surface area (TPSA) is 118 Å². The van der Waals surface area contributed by atoms with Crippen molar-refractivity contribution >= 4 is 23.6 Å². The number of nitrogens with zero attached hydrogens (tertiary/aromatic N) is 1. The first-order chi connectivity index (χ1) is 13.1. The molecule has 0 unspecified atom stereocenters. The number of nitrogens with two attached hydrogens (primary N) is 1. The molecule has 0 radical (unpaired) electrons. The Hall–Kier alpha value is -3.13. The molecule has 0 aliphatic carbocycles. The molecule has 0 saturated carbocycles. The van der Waals surface area contributed by atoms with Crippen LogP contribution in [-0.4, -0.2) is 42.1 Å². The highest BCUT2D eigenvalue weighted by Crippen LogP contribution is 2.25. The number of hydrogen-bond acceptors (Lipinski definition) is 6. The van der Waals surface area contributed by atoms with Gasteiger partial charge < -0.3 is 20.6 Å². The minimum atomic E-state index is -0.886. The largest absolute Gasteiger partial charge is 0.379 e. The number of anilines is 1. The summed E-state index contributed by atoms with van der Waals surface area (Å²) in [7, 11) is 1.71. The van der Waals surface area contributed by atoms with E-state index in [9.17, 15) is 14.0 Å².